The molecule has 3 nitrogen and oxygen atoms in total. The van der Waals surface area contributed by atoms with E-state index in [1.165, 1.54) is 7.11 Å². The van der Waals surface area contributed by atoms with E-state index in [1.54, 1.807) is 0 Å². The highest BCUT2D eigenvalue weighted by molar-refractivity contribution is 5.82. The molecule has 0 heterocycles. The lowest BCUT2D eigenvalue weighted by molar-refractivity contribution is -0.149. The molecule has 0 amide bonds. The SMILES string of the molecule is COC(=O)C1CCC2C(=O)CCCC2C1. The van der Waals surface area contributed by atoms with Crippen LogP contribution >= 0.6 is 0 Å². The van der Waals surface area contributed by atoms with Crippen LogP contribution < -0.4 is 0 Å². The summed E-state index contributed by atoms with van der Waals surface area (Å²) in [5.41, 5.74) is 0. The van der Waals surface area contributed by atoms with Crippen molar-refractivity contribution < 1.29 is 14.3 Å². The third-order valence-electron chi connectivity index (χ3n) is 3.93. The molecule has 3 atom stereocenters. The number of ketones is 1. The Hall–Kier alpha value is -0.860. The normalized spacial score (nSPS) is 35.8. The zero-order chi connectivity index (χ0) is 10.8. The van der Waals surface area contributed by atoms with Gasteiger partial charge >= 0.3 is 5.97 Å². The molecule has 0 aromatic rings. The van der Waals surface area contributed by atoms with Crippen LogP contribution in [0.25, 0.3) is 0 Å². The molecular formula is C12H18O3. The van der Waals surface area contributed by atoms with Crippen LogP contribution in [0.3, 0.4) is 0 Å². The first-order valence-corrected chi connectivity index (χ1v) is 5.83. The summed E-state index contributed by atoms with van der Waals surface area (Å²) in [7, 11) is 1.44. The maximum Gasteiger partial charge on any atom is 0.308 e. The van der Waals surface area contributed by atoms with E-state index in [0.717, 1.165) is 38.5 Å². The molecule has 0 aromatic carbocycles. The standard InChI is InChI=1S/C12H18O3/c1-15-12(14)9-5-6-10-8(7-9)3-2-4-11(10)13/h8-10H,2-7H2,1H3. The van der Waals surface area contributed by atoms with Crippen molar-refractivity contribution in [2.45, 2.75) is 38.5 Å². The van der Waals surface area contributed by atoms with Crippen molar-refractivity contribution in [3.05, 3.63) is 0 Å². The van der Waals surface area contributed by atoms with Gasteiger partial charge in [-0.1, -0.05) is 0 Å². The predicted molar refractivity (Wildman–Crippen MR) is 55.2 cm³/mol. The summed E-state index contributed by atoms with van der Waals surface area (Å²) < 4.78 is 4.77. The number of ether oxygens (including phenoxy) is 1. The number of hydrogen-bond acceptors (Lipinski definition) is 3. The fourth-order valence-corrected chi connectivity index (χ4v) is 3.11. The number of Topliss-reactive ketones (excluding diaryl/α,β-unsaturated/α-hetero) is 1. The van der Waals surface area contributed by atoms with Crippen LogP contribution in [0.15, 0.2) is 0 Å². The minimum absolute atomic E-state index is 0.0437. The summed E-state index contributed by atoms with van der Waals surface area (Å²) in [6, 6.07) is 0. The van der Waals surface area contributed by atoms with Crippen molar-refractivity contribution in [1.82, 2.24) is 0 Å². The average Bonchev–Trinajstić information content (AvgIpc) is 2.28. The van der Waals surface area contributed by atoms with E-state index < -0.39 is 0 Å². The molecule has 84 valence electrons. The lowest BCUT2D eigenvalue weighted by atomic mass is 9.67. The van der Waals surface area contributed by atoms with E-state index in [4.69, 9.17) is 4.74 Å². The maximum atomic E-state index is 11.7. The van der Waals surface area contributed by atoms with Crippen LogP contribution in [0, 0.1) is 17.8 Å². The van der Waals surface area contributed by atoms with E-state index in [9.17, 15) is 9.59 Å². The van der Waals surface area contributed by atoms with E-state index >= 15 is 0 Å². The van der Waals surface area contributed by atoms with Crippen molar-refractivity contribution in [2.24, 2.45) is 17.8 Å². The molecule has 2 fully saturated rings. The number of fused-ring (bicyclic) bond motifs is 1. The lowest BCUT2D eigenvalue weighted by Gasteiger charge is -2.37. The molecule has 3 heteroatoms. The summed E-state index contributed by atoms with van der Waals surface area (Å²) in [6.07, 6.45) is 5.47. The minimum Gasteiger partial charge on any atom is -0.469 e. The van der Waals surface area contributed by atoms with Crippen molar-refractivity contribution in [1.29, 1.82) is 0 Å². The molecule has 2 rings (SSSR count). The third kappa shape index (κ3) is 2.06. The summed E-state index contributed by atoms with van der Waals surface area (Å²) >= 11 is 0. The highest BCUT2D eigenvalue weighted by Gasteiger charge is 2.39. The fourth-order valence-electron chi connectivity index (χ4n) is 3.11. The van der Waals surface area contributed by atoms with Crippen molar-refractivity contribution in [3.8, 4) is 0 Å². The maximum absolute atomic E-state index is 11.7. The Morgan fingerprint density at radius 1 is 1.33 bits per heavy atom. The van der Waals surface area contributed by atoms with Gasteiger partial charge in [-0.3, -0.25) is 9.59 Å². The number of rotatable bonds is 1. The second kappa shape index (κ2) is 4.33. The van der Waals surface area contributed by atoms with Crippen LogP contribution in [0.1, 0.15) is 38.5 Å². The van der Waals surface area contributed by atoms with E-state index in [1.807, 2.05) is 0 Å². The first kappa shape index (κ1) is 10.7. The Balaban J connectivity index is 1.99. The number of esters is 1. The zero-order valence-corrected chi connectivity index (χ0v) is 9.20. The Morgan fingerprint density at radius 2 is 2.13 bits per heavy atom. The number of methoxy groups -OCH3 is 1. The number of carbonyl (C=O) groups is 2. The first-order valence-electron chi connectivity index (χ1n) is 5.83. The second-order valence-corrected chi connectivity index (χ2v) is 4.76. The molecule has 0 N–H and O–H groups in total. The Morgan fingerprint density at radius 3 is 2.87 bits per heavy atom. The molecular weight excluding hydrogens is 192 g/mol. The van der Waals surface area contributed by atoms with E-state index in [0.29, 0.717) is 11.7 Å². The predicted octanol–water partition coefficient (Wildman–Crippen LogP) is 1.94. The Labute approximate surface area is 90.2 Å². The molecule has 2 aliphatic carbocycles. The molecule has 15 heavy (non-hydrogen) atoms. The van der Waals surface area contributed by atoms with Gasteiger partial charge in [-0.25, -0.2) is 0 Å². The van der Waals surface area contributed by atoms with Crippen molar-refractivity contribution >= 4 is 11.8 Å². The summed E-state index contributed by atoms with van der Waals surface area (Å²) in [4.78, 5) is 23.1. The van der Waals surface area contributed by atoms with Crippen molar-refractivity contribution in [2.75, 3.05) is 7.11 Å². The topological polar surface area (TPSA) is 43.4 Å². The van der Waals surface area contributed by atoms with Gasteiger partial charge in [0.05, 0.1) is 13.0 Å². The molecule has 2 saturated carbocycles. The molecule has 0 aliphatic heterocycles. The van der Waals surface area contributed by atoms with E-state index in [2.05, 4.69) is 0 Å². The van der Waals surface area contributed by atoms with Crippen LogP contribution in [-0.4, -0.2) is 18.9 Å². The van der Waals surface area contributed by atoms with Gasteiger partial charge in [0.2, 0.25) is 0 Å². The minimum atomic E-state index is -0.0912. The van der Waals surface area contributed by atoms with E-state index in [-0.39, 0.29) is 17.8 Å². The zero-order valence-electron chi connectivity index (χ0n) is 9.20. The van der Waals surface area contributed by atoms with Crippen molar-refractivity contribution in [3.63, 3.8) is 0 Å². The quantitative estimate of drug-likeness (QED) is 0.621. The molecule has 3 unspecified atom stereocenters. The van der Waals surface area contributed by atoms with Gasteiger partial charge in [-0.2, -0.15) is 0 Å². The first-order chi connectivity index (χ1) is 7.22. The summed E-state index contributed by atoms with van der Waals surface area (Å²) in [6.45, 7) is 0. The highest BCUT2D eigenvalue weighted by Crippen LogP contribution is 2.41. The number of hydrogen-bond donors (Lipinski definition) is 0. The molecule has 0 aromatic heterocycles. The smallest absolute Gasteiger partial charge is 0.308 e. The van der Waals surface area contributed by atoms with Crippen LogP contribution in [0.5, 0.6) is 0 Å². The molecule has 0 spiro atoms. The Kier molecular flexibility index (Phi) is 3.08. The largest absolute Gasteiger partial charge is 0.469 e. The average molecular weight is 210 g/mol. The van der Waals surface area contributed by atoms with Crippen LogP contribution in [-0.2, 0) is 14.3 Å². The molecule has 2 aliphatic rings. The molecule has 0 radical (unpaired) electrons. The summed E-state index contributed by atoms with van der Waals surface area (Å²) in [5, 5.41) is 0. The lowest BCUT2D eigenvalue weighted by Crippen LogP contribution is -2.36. The third-order valence-corrected chi connectivity index (χ3v) is 3.93. The highest BCUT2D eigenvalue weighted by atomic mass is 16.5. The molecule has 0 bridgehead atoms. The van der Waals surface area contributed by atoms with Gasteiger partial charge in [0.15, 0.2) is 0 Å². The van der Waals surface area contributed by atoms with Gasteiger partial charge in [-0.05, 0) is 38.0 Å². The summed E-state index contributed by atoms with van der Waals surface area (Å²) in [5.74, 6) is 1.08. The van der Waals surface area contributed by atoms with Gasteiger partial charge < -0.3 is 4.74 Å². The van der Waals surface area contributed by atoms with Gasteiger partial charge in [0, 0.05) is 12.3 Å². The van der Waals surface area contributed by atoms with Gasteiger partial charge in [0.25, 0.3) is 0 Å². The number of carbonyl (C=O) groups excluding carboxylic acids is 2. The Bertz CT molecular complexity index is 272. The second-order valence-electron chi connectivity index (χ2n) is 4.76. The van der Waals surface area contributed by atoms with Gasteiger partial charge in [-0.15, -0.1) is 0 Å². The fraction of sp³-hybridized carbons (Fsp3) is 0.833. The van der Waals surface area contributed by atoms with Gasteiger partial charge in [0.1, 0.15) is 5.78 Å². The van der Waals surface area contributed by atoms with Crippen LogP contribution in [0.4, 0.5) is 0 Å². The van der Waals surface area contributed by atoms with Crippen LogP contribution in [0.2, 0.25) is 0 Å². The monoisotopic (exact) mass is 210 g/mol. The molecule has 0 saturated heterocycles.